The summed E-state index contributed by atoms with van der Waals surface area (Å²) in [6.45, 7) is 0. The molecule has 0 aromatic heterocycles. The van der Waals surface area contributed by atoms with Crippen molar-refractivity contribution < 1.29 is 39.5 Å². The Balaban J connectivity index is 2.89. The van der Waals surface area contributed by atoms with Crippen molar-refractivity contribution in [2.24, 2.45) is 0 Å². The van der Waals surface area contributed by atoms with Gasteiger partial charge in [0.2, 0.25) is 11.7 Å². The van der Waals surface area contributed by atoms with Crippen molar-refractivity contribution in [3.05, 3.63) is 0 Å². The Hall–Kier alpha value is -1.67. The average Bonchev–Trinajstić information content (AvgIpc) is 1.95. The van der Waals surface area contributed by atoms with Crippen molar-refractivity contribution in [3.8, 4) is 0 Å². The largest absolute Gasteiger partial charge is 0.481 e. The summed E-state index contributed by atoms with van der Waals surface area (Å²) in [4.78, 5) is 39.5. The van der Waals surface area contributed by atoms with E-state index in [1.165, 1.54) is 0 Å². The third-order valence-corrected chi connectivity index (χ3v) is 1.72. The Labute approximate surface area is 76.6 Å². The number of hydrogen-bond donors (Lipinski definition) is 3. The van der Waals surface area contributed by atoms with Gasteiger partial charge in [0.1, 0.15) is 0 Å². The van der Waals surface area contributed by atoms with E-state index in [1.54, 1.807) is 0 Å². The van der Waals surface area contributed by atoms with E-state index in [2.05, 4.69) is 9.78 Å². The smallest absolute Gasteiger partial charge is 0.343 e. The van der Waals surface area contributed by atoms with Crippen molar-refractivity contribution in [2.45, 2.75) is 18.1 Å². The molecule has 2 atom stereocenters. The highest BCUT2D eigenvalue weighted by atomic mass is 17.3. The maximum absolute atomic E-state index is 10.6. The first-order valence-electron chi connectivity index (χ1n) is 3.42. The second kappa shape index (κ2) is 3.24. The summed E-state index contributed by atoms with van der Waals surface area (Å²) < 4.78 is 0. The molecule has 8 nitrogen and oxygen atoms in total. The number of rotatable bonds is 4. The van der Waals surface area contributed by atoms with Crippen LogP contribution in [0.5, 0.6) is 0 Å². The molecule has 2 unspecified atom stereocenters. The van der Waals surface area contributed by atoms with Gasteiger partial charge in [-0.15, -0.1) is 0 Å². The molecule has 0 amide bonds. The van der Waals surface area contributed by atoms with Crippen LogP contribution in [0.15, 0.2) is 0 Å². The van der Waals surface area contributed by atoms with Gasteiger partial charge in [-0.05, 0) is 0 Å². The van der Waals surface area contributed by atoms with Gasteiger partial charge in [-0.1, -0.05) is 0 Å². The number of carboxylic acid groups (broad SMARTS) is 3. The minimum absolute atomic E-state index is 0.973. The molecule has 1 aliphatic heterocycles. The molecule has 1 rings (SSSR count). The van der Waals surface area contributed by atoms with E-state index in [-0.39, 0.29) is 0 Å². The van der Waals surface area contributed by atoms with Crippen molar-refractivity contribution >= 4 is 17.9 Å². The molecule has 1 fully saturated rings. The van der Waals surface area contributed by atoms with Gasteiger partial charge in [-0.2, -0.15) is 0 Å². The Morgan fingerprint density at radius 1 is 1.21 bits per heavy atom. The maximum atomic E-state index is 10.6. The molecule has 0 aliphatic carbocycles. The van der Waals surface area contributed by atoms with E-state index in [4.69, 9.17) is 15.3 Å². The van der Waals surface area contributed by atoms with Crippen LogP contribution in [-0.4, -0.2) is 44.9 Å². The highest BCUT2D eigenvalue weighted by molar-refractivity contribution is 5.92. The second-order valence-corrected chi connectivity index (χ2v) is 2.66. The lowest BCUT2D eigenvalue weighted by Gasteiger charge is -2.39. The van der Waals surface area contributed by atoms with Crippen LogP contribution < -0.4 is 0 Å². The van der Waals surface area contributed by atoms with Crippen LogP contribution in [0.2, 0.25) is 0 Å². The first-order valence-corrected chi connectivity index (χ1v) is 3.42. The van der Waals surface area contributed by atoms with E-state index in [9.17, 15) is 14.4 Å². The normalized spacial score (nSPS) is 30.4. The SMILES string of the molecule is O=C(O)CC1(C(=O)O)OOC1C(=O)O. The van der Waals surface area contributed by atoms with E-state index >= 15 is 0 Å². The number of aliphatic carboxylic acids is 3. The molecule has 14 heavy (non-hydrogen) atoms. The average molecular weight is 206 g/mol. The fourth-order valence-corrected chi connectivity index (χ4v) is 1.02. The highest BCUT2D eigenvalue weighted by Crippen LogP contribution is 2.34. The van der Waals surface area contributed by atoms with E-state index < -0.39 is 36.0 Å². The van der Waals surface area contributed by atoms with Gasteiger partial charge in [0.15, 0.2) is 0 Å². The summed E-state index contributed by atoms with van der Waals surface area (Å²) in [5, 5.41) is 25.5. The predicted molar refractivity (Wildman–Crippen MR) is 36.2 cm³/mol. The van der Waals surface area contributed by atoms with Crippen LogP contribution in [0.3, 0.4) is 0 Å². The molecule has 0 saturated carbocycles. The third-order valence-electron chi connectivity index (χ3n) is 1.72. The van der Waals surface area contributed by atoms with Crippen LogP contribution in [0.1, 0.15) is 6.42 Å². The van der Waals surface area contributed by atoms with Crippen molar-refractivity contribution in [2.75, 3.05) is 0 Å². The summed E-state index contributed by atoms with van der Waals surface area (Å²) in [5.41, 5.74) is -2.32. The van der Waals surface area contributed by atoms with Gasteiger partial charge in [-0.25, -0.2) is 19.4 Å². The molecule has 0 radical (unpaired) electrons. The molecule has 1 saturated heterocycles. The van der Waals surface area contributed by atoms with Crippen LogP contribution >= 0.6 is 0 Å². The lowest BCUT2D eigenvalue weighted by Crippen LogP contribution is -2.65. The highest BCUT2D eigenvalue weighted by Gasteiger charge is 2.63. The zero-order valence-electron chi connectivity index (χ0n) is 6.67. The van der Waals surface area contributed by atoms with Gasteiger partial charge in [0, 0.05) is 0 Å². The van der Waals surface area contributed by atoms with Gasteiger partial charge >= 0.3 is 17.9 Å². The van der Waals surface area contributed by atoms with Gasteiger partial charge in [0.05, 0.1) is 6.42 Å². The summed E-state index contributed by atoms with van der Waals surface area (Å²) in [6, 6.07) is 0. The monoisotopic (exact) mass is 206 g/mol. The third kappa shape index (κ3) is 1.40. The first kappa shape index (κ1) is 10.4. The summed E-state index contributed by atoms with van der Waals surface area (Å²) in [5.74, 6) is -4.75. The molecule has 1 aliphatic rings. The number of hydrogen-bond acceptors (Lipinski definition) is 5. The molecule has 0 bridgehead atoms. The predicted octanol–water partition coefficient (Wildman–Crippen LogP) is -1.30. The zero-order valence-corrected chi connectivity index (χ0v) is 6.67. The summed E-state index contributed by atoms with van der Waals surface area (Å²) in [7, 11) is 0. The van der Waals surface area contributed by atoms with Crippen LogP contribution in [0, 0.1) is 0 Å². The van der Waals surface area contributed by atoms with Crippen molar-refractivity contribution in [1.29, 1.82) is 0 Å². The topological polar surface area (TPSA) is 130 Å². The van der Waals surface area contributed by atoms with Crippen molar-refractivity contribution in [1.82, 2.24) is 0 Å². The van der Waals surface area contributed by atoms with E-state index in [1.807, 2.05) is 0 Å². The Morgan fingerprint density at radius 3 is 2.00 bits per heavy atom. The lowest BCUT2D eigenvalue weighted by molar-refractivity contribution is -0.485. The fraction of sp³-hybridized carbons (Fsp3) is 0.500. The van der Waals surface area contributed by atoms with Crippen molar-refractivity contribution in [3.63, 3.8) is 0 Å². The molecule has 78 valence electrons. The molecule has 0 aromatic carbocycles. The number of carbonyl (C=O) groups is 3. The van der Waals surface area contributed by atoms with Crippen LogP contribution in [-0.2, 0) is 24.2 Å². The maximum Gasteiger partial charge on any atom is 0.343 e. The summed E-state index contributed by atoms with van der Waals surface area (Å²) in [6.07, 6.45) is -2.77. The molecule has 1 heterocycles. The summed E-state index contributed by atoms with van der Waals surface area (Å²) >= 11 is 0. The van der Waals surface area contributed by atoms with Gasteiger partial charge < -0.3 is 15.3 Å². The Morgan fingerprint density at radius 2 is 1.79 bits per heavy atom. The minimum atomic E-state index is -2.32. The molecule has 8 heteroatoms. The van der Waals surface area contributed by atoms with Crippen LogP contribution in [0.25, 0.3) is 0 Å². The molecular weight excluding hydrogens is 200 g/mol. The molecule has 0 spiro atoms. The van der Waals surface area contributed by atoms with Gasteiger partial charge in [0.25, 0.3) is 0 Å². The van der Waals surface area contributed by atoms with E-state index in [0.29, 0.717) is 0 Å². The van der Waals surface area contributed by atoms with E-state index in [0.717, 1.165) is 0 Å². The standard InChI is InChI=1S/C6H6O8/c7-2(8)1-6(5(11)12)3(4(9)10)13-14-6/h3H,1H2,(H,7,8)(H,9,10)(H,11,12). The fourth-order valence-electron chi connectivity index (χ4n) is 1.02. The minimum Gasteiger partial charge on any atom is -0.481 e. The quantitative estimate of drug-likeness (QED) is 0.483. The van der Waals surface area contributed by atoms with Crippen LogP contribution in [0.4, 0.5) is 0 Å². The molecule has 3 N–H and O–H groups in total. The molecule has 0 aromatic rings. The second-order valence-electron chi connectivity index (χ2n) is 2.66. The molecular formula is C6H6O8. The first-order chi connectivity index (χ1) is 6.40. The Kier molecular flexibility index (Phi) is 2.41. The van der Waals surface area contributed by atoms with Gasteiger partial charge in [-0.3, -0.25) is 4.79 Å². The Bertz CT molecular complexity index is 296. The zero-order chi connectivity index (χ0) is 10.9. The lowest BCUT2D eigenvalue weighted by atomic mass is 9.91. The number of carboxylic acids is 3.